The lowest BCUT2D eigenvalue weighted by Gasteiger charge is -2.37. The molecule has 2 heterocycles. The van der Waals surface area contributed by atoms with Crippen molar-refractivity contribution in [3.8, 4) is 0 Å². The van der Waals surface area contributed by atoms with E-state index in [9.17, 15) is 4.79 Å². The van der Waals surface area contributed by atoms with E-state index in [1.54, 1.807) is 7.05 Å². The van der Waals surface area contributed by atoms with Gasteiger partial charge in [-0.2, -0.15) is 0 Å². The highest BCUT2D eigenvalue weighted by molar-refractivity contribution is 6.72. The molecule has 338 valence electrons. The van der Waals surface area contributed by atoms with Gasteiger partial charge in [0, 0.05) is 26.2 Å². The van der Waals surface area contributed by atoms with Crippen LogP contribution in [0.2, 0.25) is 0 Å². The van der Waals surface area contributed by atoms with E-state index in [-0.39, 0.29) is 48.8 Å². The van der Waals surface area contributed by atoms with Crippen molar-refractivity contribution in [1.82, 2.24) is 5.32 Å². The highest BCUT2D eigenvalue weighted by Crippen LogP contribution is 2.43. The molecule has 8 nitrogen and oxygen atoms in total. The van der Waals surface area contributed by atoms with Crippen molar-refractivity contribution in [2.75, 3.05) is 26.9 Å². The van der Waals surface area contributed by atoms with Gasteiger partial charge < -0.3 is 33.4 Å². The zero-order valence-electron chi connectivity index (χ0n) is 37.7. The molecule has 3 aliphatic rings. The first-order valence-electron chi connectivity index (χ1n) is 24.0. The maximum absolute atomic E-state index is 11.6. The summed E-state index contributed by atoms with van der Waals surface area (Å²) in [6, 6.07) is 35.8. The van der Waals surface area contributed by atoms with Gasteiger partial charge in [0.25, 0.3) is 0 Å². The Bertz CT molecular complexity index is 1610. The molecule has 3 fully saturated rings. The number of amides is 1. The number of unbranched alkanes of at least 4 members (excludes halogenated alkanes) is 4. The van der Waals surface area contributed by atoms with Gasteiger partial charge in [-0.15, -0.1) is 0 Å². The van der Waals surface area contributed by atoms with Crippen molar-refractivity contribution in [3.05, 3.63) is 132 Å². The summed E-state index contributed by atoms with van der Waals surface area (Å²) in [4.78, 5) is 11.6. The van der Waals surface area contributed by atoms with Gasteiger partial charge in [-0.05, 0) is 118 Å². The van der Waals surface area contributed by atoms with Crippen LogP contribution in [0.1, 0.15) is 120 Å². The lowest BCUT2D eigenvalue weighted by molar-refractivity contribution is -0.193. The molecule has 2 aliphatic heterocycles. The zero-order chi connectivity index (χ0) is 43.1. The van der Waals surface area contributed by atoms with Crippen molar-refractivity contribution >= 4 is 14.4 Å². The van der Waals surface area contributed by atoms with Crippen molar-refractivity contribution < 1.29 is 32.9 Å². The van der Waals surface area contributed by atoms with Crippen LogP contribution in [-0.4, -0.2) is 72.2 Å². The molecule has 2 unspecified atom stereocenters. The maximum atomic E-state index is 11.6. The Morgan fingerprint density at radius 2 is 1.37 bits per heavy atom. The van der Waals surface area contributed by atoms with Gasteiger partial charge in [0.15, 0.2) is 12.6 Å². The normalized spacial score (nSPS) is 23.8. The van der Waals surface area contributed by atoms with Gasteiger partial charge in [0.05, 0.1) is 24.9 Å². The fourth-order valence-electron chi connectivity index (χ4n) is 9.54. The number of alkyl carbamates (subject to hydrolysis) is 1. The van der Waals surface area contributed by atoms with Crippen molar-refractivity contribution in [1.29, 1.82) is 0 Å². The predicted molar refractivity (Wildman–Crippen MR) is 251 cm³/mol. The quantitative estimate of drug-likeness (QED) is 0.0516. The van der Waals surface area contributed by atoms with Gasteiger partial charge >= 0.3 is 6.09 Å². The number of benzene rings is 3. The molecule has 1 amide bonds. The van der Waals surface area contributed by atoms with E-state index < -0.39 is 8.32 Å². The van der Waals surface area contributed by atoms with E-state index in [2.05, 4.69) is 128 Å². The molecule has 2 saturated heterocycles. The largest absolute Gasteiger partial charge is 0.450 e. The predicted octanol–water partition coefficient (Wildman–Crippen LogP) is 11.7. The summed E-state index contributed by atoms with van der Waals surface area (Å²) in [6.07, 6.45) is 23.8. The number of rotatable bonds is 25. The number of carbonyl (C=O) groups excluding carboxylic acids is 1. The summed E-state index contributed by atoms with van der Waals surface area (Å²) < 4.78 is 39.6. The van der Waals surface area contributed by atoms with Crippen LogP contribution in [-0.2, 0) is 46.2 Å². The number of carbonyl (C=O) groups is 1. The van der Waals surface area contributed by atoms with Crippen LogP contribution in [0, 0.1) is 11.8 Å². The third-order valence-electron chi connectivity index (χ3n) is 12.7. The lowest BCUT2D eigenvalue weighted by Crippen LogP contribution is -2.50. The SMILES string of the molecule is CCCCC[C@@H](C=C[C@@H]1[C@@H](CC=CCCCCOC(=O)NC)[C@@H](O[Si](Cc2ccccc2)(Cc2ccccc2)Cc2ccccc2)C[C@H]1OC1CCCCO1)OC1CCCCO1. The average Bonchev–Trinajstić information content (AvgIpc) is 3.61. The first-order chi connectivity index (χ1) is 30.5. The molecule has 0 aromatic heterocycles. The smallest absolute Gasteiger partial charge is 0.406 e. The third-order valence-corrected chi connectivity index (χ3v) is 16.7. The monoisotopic (exact) mass is 866 g/mol. The number of allylic oxidation sites excluding steroid dienone is 2. The minimum absolute atomic E-state index is 0.0206. The molecule has 9 heteroatoms. The van der Waals surface area contributed by atoms with Gasteiger partial charge in [-0.1, -0.05) is 141 Å². The van der Waals surface area contributed by atoms with E-state index >= 15 is 0 Å². The summed E-state index contributed by atoms with van der Waals surface area (Å²) in [7, 11) is -1.05. The summed E-state index contributed by atoms with van der Waals surface area (Å²) >= 11 is 0. The van der Waals surface area contributed by atoms with Crippen molar-refractivity contribution in [2.24, 2.45) is 11.8 Å². The summed E-state index contributed by atoms with van der Waals surface area (Å²) in [6.45, 7) is 4.20. The Hall–Kier alpha value is -3.57. The minimum Gasteiger partial charge on any atom is -0.450 e. The number of hydrogen-bond donors (Lipinski definition) is 1. The molecular weight excluding hydrogens is 791 g/mol. The van der Waals surface area contributed by atoms with E-state index in [0.717, 1.165) is 115 Å². The maximum Gasteiger partial charge on any atom is 0.406 e. The molecule has 1 saturated carbocycles. The van der Waals surface area contributed by atoms with Crippen LogP contribution < -0.4 is 5.32 Å². The second kappa shape index (κ2) is 26.9. The molecule has 3 aromatic rings. The molecule has 1 aliphatic carbocycles. The molecule has 0 radical (unpaired) electrons. The van der Waals surface area contributed by atoms with Crippen LogP contribution in [0.25, 0.3) is 0 Å². The fraction of sp³-hybridized carbons (Fsp3) is 0.566. The van der Waals surface area contributed by atoms with Crippen LogP contribution >= 0.6 is 0 Å². The molecule has 0 bridgehead atoms. The summed E-state index contributed by atoms with van der Waals surface area (Å²) in [5.41, 5.74) is 3.99. The Kier molecular flexibility index (Phi) is 20.8. The third kappa shape index (κ3) is 16.2. The molecule has 3 aromatic carbocycles. The van der Waals surface area contributed by atoms with E-state index in [1.165, 1.54) is 29.5 Å². The Balaban J connectivity index is 1.34. The van der Waals surface area contributed by atoms with Crippen LogP contribution in [0.15, 0.2) is 115 Å². The molecular formula is C53H75NO7Si. The van der Waals surface area contributed by atoms with Crippen molar-refractivity contribution in [2.45, 2.75) is 152 Å². The molecule has 62 heavy (non-hydrogen) atoms. The van der Waals surface area contributed by atoms with Gasteiger partial charge in [0.2, 0.25) is 8.32 Å². The zero-order valence-corrected chi connectivity index (χ0v) is 38.7. The molecule has 0 spiro atoms. The standard InChI is InChI=1S/C53H75NO7Si/c1-3-4-11-30-46(59-51-32-19-22-36-56-51)34-35-48-47(31-18-6-5-7-21-38-58-53(55)54-2)50(39-49(48)60-52-33-20-23-37-57-52)61-62(40-43-24-12-8-13-25-43,41-44-26-14-9-15-27-44)42-45-28-16-10-17-29-45/h6,8-10,12-18,24-29,34-35,46-52H,3-5,7,11,19-23,30-33,36-42H2,1-2H3,(H,54,55)/t46-,47+,48+,49+,50-,51?,52?/m0/s1. The molecule has 1 N–H and O–H groups in total. The molecule has 7 atom stereocenters. The van der Waals surface area contributed by atoms with Gasteiger partial charge in [-0.3, -0.25) is 0 Å². The second-order valence-corrected chi connectivity index (χ2v) is 21.4. The van der Waals surface area contributed by atoms with Gasteiger partial charge in [0.1, 0.15) is 0 Å². The van der Waals surface area contributed by atoms with E-state index in [1.807, 2.05) is 0 Å². The van der Waals surface area contributed by atoms with Gasteiger partial charge in [-0.25, -0.2) is 4.79 Å². The van der Waals surface area contributed by atoms with Crippen LogP contribution in [0.3, 0.4) is 0 Å². The summed E-state index contributed by atoms with van der Waals surface area (Å²) in [5.74, 6) is 0.293. The molecule has 6 rings (SSSR count). The Labute approximate surface area is 374 Å². The Morgan fingerprint density at radius 3 is 1.94 bits per heavy atom. The average molecular weight is 866 g/mol. The topological polar surface area (TPSA) is 84.5 Å². The number of hydrogen-bond acceptors (Lipinski definition) is 7. The van der Waals surface area contributed by atoms with E-state index in [0.29, 0.717) is 6.61 Å². The van der Waals surface area contributed by atoms with Crippen LogP contribution in [0.5, 0.6) is 0 Å². The first kappa shape index (κ1) is 47.9. The van der Waals surface area contributed by atoms with Crippen LogP contribution in [0.4, 0.5) is 4.79 Å². The highest BCUT2D eigenvalue weighted by atomic mass is 28.4. The Morgan fingerprint density at radius 1 is 0.758 bits per heavy atom. The second-order valence-electron chi connectivity index (χ2n) is 17.7. The lowest BCUT2D eigenvalue weighted by atomic mass is 9.89. The van der Waals surface area contributed by atoms with E-state index in [4.69, 9.17) is 28.1 Å². The number of ether oxygens (including phenoxy) is 5. The number of nitrogens with one attached hydrogen (secondary N) is 1. The minimum atomic E-state index is -2.64. The first-order valence-corrected chi connectivity index (χ1v) is 26.6. The highest BCUT2D eigenvalue weighted by Gasteiger charge is 2.48. The summed E-state index contributed by atoms with van der Waals surface area (Å²) in [5, 5.41) is 2.53. The fourth-order valence-corrected chi connectivity index (χ4v) is 14.0. The van der Waals surface area contributed by atoms with Crippen molar-refractivity contribution in [3.63, 3.8) is 0 Å².